The van der Waals surface area contributed by atoms with Crippen LogP contribution in [-0.4, -0.2) is 33.6 Å². The standard InChI is InChI=1S/C10H11N3O3/c11-10(15)8-5-12-9-2-1-7(6-13(8)9)16-4-3-14/h1-2,5-6,14H,3-4H2,(H2,11,15). The Bertz CT molecular complexity index is 521. The number of aromatic nitrogens is 2. The average molecular weight is 221 g/mol. The first-order chi connectivity index (χ1) is 7.72. The molecule has 1 amide bonds. The number of aliphatic hydroxyl groups excluding tert-OH is 1. The van der Waals surface area contributed by atoms with Crippen LogP contribution in [0.2, 0.25) is 0 Å². The molecule has 0 atom stereocenters. The molecule has 0 aliphatic heterocycles. The van der Waals surface area contributed by atoms with Gasteiger partial charge in [-0.15, -0.1) is 0 Å². The van der Waals surface area contributed by atoms with Gasteiger partial charge in [-0.3, -0.25) is 9.20 Å². The van der Waals surface area contributed by atoms with E-state index in [4.69, 9.17) is 15.6 Å². The summed E-state index contributed by atoms with van der Waals surface area (Å²) in [6, 6.07) is 3.42. The Morgan fingerprint density at radius 3 is 3.06 bits per heavy atom. The molecule has 0 aliphatic rings. The molecule has 0 unspecified atom stereocenters. The third kappa shape index (κ3) is 1.82. The normalized spacial score (nSPS) is 10.6. The molecule has 2 aromatic heterocycles. The van der Waals surface area contributed by atoms with Crippen molar-refractivity contribution < 1.29 is 14.6 Å². The van der Waals surface area contributed by atoms with Crippen molar-refractivity contribution in [3.63, 3.8) is 0 Å². The smallest absolute Gasteiger partial charge is 0.267 e. The molecule has 0 bridgehead atoms. The highest BCUT2D eigenvalue weighted by atomic mass is 16.5. The maximum absolute atomic E-state index is 11.1. The van der Waals surface area contributed by atoms with Gasteiger partial charge < -0.3 is 15.6 Å². The van der Waals surface area contributed by atoms with Crippen LogP contribution in [0.15, 0.2) is 24.5 Å². The number of hydrogen-bond acceptors (Lipinski definition) is 4. The van der Waals surface area contributed by atoms with Gasteiger partial charge in [0.05, 0.1) is 19.0 Å². The number of primary amides is 1. The van der Waals surface area contributed by atoms with Gasteiger partial charge in [-0.2, -0.15) is 0 Å². The number of fused-ring (bicyclic) bond motifs is 1. The number of amides is 1. The van der Waals surface area contributed by atoms with E-state index in [0.717, 1.165) is 0 Å². The van der Waals surface area contributed by atoms with Crippen molar-refractivity contribution >= 4 is 11.6 Å². The second-order valence-electron chi connectivity index (χ2n) is 3.17. The second kappa shape index (κ2) is 4.19. The molecular weight excluding hydrogens is 210 g/mol. The number of pyridine rings is 1. The molecule has 16 heavy (non-hydrogen) atoms. The van der Waals surface area contributed by atoms with Crippen LogP contribution in [-0.2, 0) is 0 Å². The zero-order valence-corrected chi connectivity index (χ0v) is 8.46. The highest BCUT2D eigenvalue weighted by Gasteiger charge is 2.08. The molecule has 2 rings (SSSR count). The maximum atomic E-state index is 11.1. The number of imidazole rings is 1. The first-order valence-corrected chi connectivity index (χ1v) is 4.73. The van der Waals surface area contributed by atoms with Gasteiger partial charge in [0.15, 0.2) is 0 Å². The Labute approximate surface area is 91.3 Å². The Morgan fingerprint density at radius 2 is 2.38 bits per heavy atom. The maximum Gasteiger partial charge on any atom is 0.267 e. The van der Waals surface area contributed by atoms with Crippen LogP contribution >= 0.6 is 0 Å². The first kappa shape index (κ1) is 10.4. The lowest BCUT2D eigenvalue weighted by Crippen LogP contribution is -2.13. The molecule has 0 spiro atoms. The highest BCUT2D eigenvalue weighted by molar-refractivity contribution is 5.91. The molecular formula is C10H11N3O3. The number of ether oxygens (including phenoxy) is 1. The van der Waals surface area contributed by atoms with Gasteiger partial charge in [-0.25, -0.2) is 4.98 Å². The molecule has 0 fully saturated rings. The number of carbonyl (C=O) groups is 1. The van der Waals surface area contributed by atoms with E-state index in [0.29, 0.717) is 17.1 Å². The molecule has 3 N–H and O–H groups in total. The van der Waals surface area contributed by atoms with E-state index in [1.807, 2.05) is 0 Å². The lowest BCUT2D eigenvalue weighted by Gasteiger charge is -2.05. The Morgan fingerprint density at radius 1 is 1.56 bits per heavy atom. The topological polar surface area (TPSA) is 89.9 Å². The number of aliphatic hydroxyl groups is 1. The first-order valence-electron chi connectivity index (χ1n) is 4.73. The number of nitrogens with zero attached hydrogens (tertiary/aromatic N) is 2. The van der Waals surface area contributed by atoms with E-state index in [-0.39, 0.29) is 13.2 Å². The summed E-state index contributed by atoms with van der Waals surface area (Å²) in [4.78, 5) is 15.1. The molecule has 0 saturated heterocycles. The summed E-state index contributed by atoms with van der Waals surface area (Å²) in [5.74, 6) is -0.00569. The number of rotatable bonds is 4. The van der Waals surface area contributed by atoms with Gasteiger partial charge in [0, 0.05) is 0 Å². The predicted molar refractivity (Wildman–Crippen MR) is 56.3 cm³/mol. The summed E-state index contributed by atoms with van der Waals surface area (Å²) in [6.45, 7) is 0.136. The number of hydrogen-bond donors (Lipinski definition) is 2. The molecule has 0 aromatic carbocycles. The molecule has 6 heteroatoms. The quantitative estimate of drug-likeness (QED) is 0.748. The lowest BCUT2D eigenvalue weighted by atomic mass is 10.4. The summed E-state index contributed by atoms with van der Waals surface area (Å²) in [5, 5.41) is 8.63. The van der Waals surface area contributed by atoms with Gasteiger partial charge in [0.1, 0.15) is 23.7 Å². The Kier molecular flexibility index (Phi) is 2.74. The summed E-state index contributed by atoms with van der Waals surface area (Å²) in [7, 11) is 0. The summed E-state index contributed by atoms with van der Waals surface area (Å²) < 4.78 is 6.77. The average Bonchev–Trinajstić information content (AvgIpc) is 2.69. The minimum atomic E-state index is -0.549. The molecule has 2 heterocycles. The van der Waals surface area contributed by atoms with Crippen LogP contribution in [0, 0.1) is 0 Å². The van der Waals surface area contributed by atoms with Gasteiger partial charge in [0.25, 0.3) is 5.91 Å². The van der Waals surface area contributed by atoms with Gasteiger partial charge >= 0.3 is 0 Å². The monoisotopic (exact) mass is 221 g/mol. The van der Waals surface area contributed by atoms with Crippen LogP contribution in [0.4, 0.5) is 0 Å². The van der Waals surface area contributed by atoms with E-state index in [2.05, 4.69) is 4.98 Å². The van der Waals surface area contributed by atoms with Crippen LogP contribution in [0.3, 0.4) is 0 Å². The SMILES string of the molecule is NC(=O)c1cnc2ccc(OCCO)cn12. The van der Waals surface area contributed by atoms with Crippen molar-refractivity contribution in [1.29, 1.82) is 0 Å². The molecule has 0 aliphatic carbocycles. The van der Waals surface area contributed by atoms with Crippen molar-refractivity contribution in [3.8, 4) is 5.75 Å². The molecule has 2 aromatic rings. The fourth-order valence-electron chi connectivity index (χ4n) is 1.39. The van der Waals surface area contributed by atoms with E-state index in [9.17, 15) is 4.79 Å². The summed E-state index contributed by atoms with van der Waals surface area (Å²) in [5.41, 5.74) is 6.11. The van der Waals surface area contributed by atoms with Crippen molar-refractivity contribution in [1.82, 2.24) is 9.38 Å². The van der Waals surface area contributed by atoms with E-state index in [1.165, 1.54) is 6.20 Å². The minimum Gasteiger partial charge on any atom is -0.490 e. The van der Waals surface area contributed by atoms with Crippen LogP contribution in [0.25, 0.3) is 5.65 Å². The third-order valence-electron chi connectivity index (χ3n) is 2.09. The molecule has 84 valence electrons. The van der Waals surface area contributed by atoms with Crippen LogP contribution in [0.5, 0.6) is 5.75 Å². The Balaban J connectivity index is 2.42. The van der Waals surface area contributed by atoms with E-state index >= 15 is 0 Å². The molecule has 6 nitrogen and oxygen atoms in total. The zero-order valence-electron chi connectivity index (χ0n) is 8.46. The second-order valence-corrected chi connectivity index (χ2v) is 3.17. The van der Waals surface area contributed by atoms with Crippen molar-refractivity contribution in [2.24, 2.45) is 5.73 Å². The fraction of sp³-hybridized carbons (Fsp3) is 0.200. The number of nitrogens with two attached hydrogens (primary N) is 1. The summed E-state index contributed by atoms with van der Waals surface area (Å²) in [6.07, 6.45) is 3.02. The van der Waals surface area contributed by atoms with Crippen LogP contribution < -0.4 is 10.5 Å². The van der Waals surface area contributed by atoms with Gasteiger partial charge in [-0.05, 0) is 12.1 Å². The van der Waals surface area contributed by atoms with Crippen LogP contribution in [0.1, 0.15) is 10.5 Å². The predicted octanol–water partition coefficient (Wildman–Crippen LogP) is -0.196. The largest absolute Gasteiger partial charge is 0.490 e. The van der Waals surface area contributed by atoms with E-state index in [1.54, 1.807) is 22.7 Å². The van der Waals surface area contributed by atoms with E-state index < -0.39 is 5.91 Å². The Hall–Kier alpha value is -2.08. The highest BCUT2D eigenvalue weighted by Crippen LogP contribution is 2.14. The molecule has 0 saturated carbocycles. The zero-order chi connectivity index (χ0) is 11.5. The van der Waals surface area contributed by atoms with Crippen molar-refractivity contribution in [2.45, 2.75) is 0 Å². The third-order valence-corrected chi connectivity index (χ3v) is 2.09. The van der Waals surface area contributed by atoms with Crippen molar-refractivity contribution in [3.05, 3.63) is 30.2 Å². The summed E-state index contributed by atoms with van der Waals surface area (Å²) >= 11 is 0. The fourth-order valence-corrected chi connectivity index (χ4v) is 1.39. The minimum absolute atomic E-state index is 0.0648. The van der Waals surface area contributed by atoms with Gasteiger partial charge in [-0.1, -0.05) is 0 Å². The van der Waals surface area contributed by atoms with Gasteiger partial charge in [0.2, 0.25) is 0 Å². The molecule has 0 radical (unpaired) electrons. The lowest BCUT2D eigenvalue weighted by molar-refractivity contribution is 0.0994. The number of carbonyl (C=O) groups excluding carboxylic acids is 1. The van der Waals surface area contributed by atoms with Crippen molar-refractivity contribution in [2.75, 3.05) is 13.2 Å².